The van der Waals surface area contributed by atoms with E-state index in [1.165, 1.54) is 0 Å². The summed E-state index contributed by atoms with van der Waals surface area (Å²) in [5.74, 6) is 6.55. The zero-order valence-electron chi connectivity index (χ0n) is 10.9. The van der Waals surface area contributed by atoms with Gasteiger partial charge in [0.05, 0.1) is 0 Å². The Labute approximate surface area is 131 Å². The molecule has 0 atom stereocenters. The fourth-order valence-corrected chi connectivity index (χ4v) is 1.63. The molecule has 0 aliphatic rings. The first-order valence-electron chi connectivity index (χ1n) is 5.81. The molecule has 1 aromatic carbocycles. The molecule has 0 spiro atoms. The molecule has 0 radical (unpaired) electrons. The molecule has 1 heterocycles. The normalized spacial score (nSPS) is 8.65. The van der Waals surface area contributed by atoms with E-state index in [9.17, 15) is 0 Å². The van der Waals surface area contributed by atoms with E-state index in [2.05, 4.69) is 16.8 Å². The lowest BCUT2D eigenvalue weighted by Gasteiger charge is -2.05. The van der Waals surface area contributed by atoms with E-state index in [4.69, 9.17) is 11.5 Å². The Balaban J connectivity index is 0.00000180. The van der Waals surface area contributed by atoms with Gasteiger partial charge in [-0.05, 0) is 11.6 Å². The molecule has 5 heteroatoms. The van der Waals surface area contributed by atoms with Crippen LogP contribution in [-0.4, -0.2) is 11.5 Å². The lowest BCUT2D eigenvalue weighted by molar-refractivity contribution is 1.03. The topological polar surface area (TPSA) is 64.9 Å². The van der Waals surface area contributed by atoms with Crippen LogP contribution in [0.2, 0.25) is 0 Å². The predicted octanol–water partition coefficient (Wildman–Crippen LogP) is 2.87. The maximum atomic E-state index is 5.90. The molecule has 0 aliphatic heterocycles. The summed E-state index contributed by atoms with van der Waals surface area (Å²) >= 11 is 0. The first-order valence-corrected chi connectivity index (χ1v) is 5.81. The third kappa shape index (κ3) is 4.75. The van der Waals surface area contributed by atoms with Crippen LogP contribution in [0.5, 0.6) is 0 Å². The van der Waals surface area contributed by atoms with Crippen molar-refractivity contribution in [2.24, 2.45) is 5.73 Å². The highest BCUT2D eigenvalue weighted by atomic mass is 35.5. The van der Waals surface area contributed by atoms with E-state index in [1.807, 2.05) is 36.4 Å². The lowest BCUT2D eigenvalue weighted by Crippen LogP contribution is -1.96. The Morgan fingerprint density at radius 3 is 2.45 bits per heavy atom. The summed E-state index contributed by atoms with van der Waals surface area (Å²) in [6.07, 6.45) is 2.37. The average Bonchev–Trinajstić information content (AvgIpc) is 2.42. The van der Waals surface area contributed by atoms with Gasteiger partial charge in [0.1, 0.15) is 5.82 Å². The summed E-state index contributed by atoms with van der Waals surface area (Å²) in [5.41, 5.74) is 14.1. The van der Waals surface area contributed by atoms with Gasteiger partial charge in [0.25, 0.3) is 0 Å². The molecule has 0 saturated carbocycles. The van der Waals surface area contributed by atoms with E-state index in [1.54, 1.807) is 6.20 Å². The monoisotopic (exact) mass is 309 g/mol. The van der Waals surface area contributed by atoms with Gasteiger partial charge in [-0.3, -0.25) is 0 Å². The number of benzene rings is 1. The summed E-state index contributed by atoms with van der Waals surface area (Å²) in [6.45, 7) is 0.570. The minimum absolute atomic E-state index is 0. The number of aromatic nitrogens is 1. The van der Waals surface area contributed by atoms with Gasteiger partial charge in [0.15, 0.2) is 0 Å². The maximum Gasteiger partial charge on any atom is 0.131 e. The quantitative estimate of drug-likeness (QED) is 0.838. The zero-order valence-corrected chi connectivity index (χ0v) is 12.5. The molecule has 2 aromatic rings. The molecule has 2 rings (SSSR count). The number of hydrogen-bond acceptors (Lipinski definition) is 3. The van der Waals surface area contributed by atoms with E-state index < -0.39 is 0 Å². The summed E-state index contributed by atoms with van der Waals surface area (Å²) in [5, 5.41) is 0. The van der Waals surface area contributed by atoms with Crippen molar-refractivity contribution >= 4 is 30.6 Å². The van der Waals surface area contributed by atoms with Crippen molar-refractivity contribution in [3.8, 4) is 23.0 Å². The number of hydrogen-bond donors (Lipinski definition) is 2. The van der Waals surface area contributed by atoms with Gasteiger partial charge < -0.3 is 11.5 Å². The zero-order chi connectivity index (χ0) is 12.8. The highest BCUT2D eigenvalue weighted by Gasteiger charge is 2.03. The summed E-state index contributed by atoms with van der Waals surface area (Å²) in [4.78, 5) is 4.18. The van der Waals surface area contributed by atoms with Crippen LogP contribution in [0.4, 0.5) is 5.82 Å². The summed E-state index contributed by atoms with van der Waals surface area (Å²) < 4.78 is 0. The Morgan fingerprint density at radius 1 is 1.10 bits per heavy atom. The fraction of sp³-hybridized carbons (Fsp3) is 0.133. The summed E-state index contributed by atoms with van der Waals surface area (Å²) in [6, 6.07) is 11.9. The standard InChI is InChI=1S/C15H15N3.2ClH/c16-9-5-4-6-12-10-14(15(17)18-11-12)13-7-2-1-3-8-13;;/h1-3,7-8,10-11H,5,9,16H2,(H2,17,18);2*1H. The molecule has 0 aliphatic carbocycles. The summed E-state index contributed by atoms with van der Waals surface area (Å²) in [7, 11) is 0. The Hall–Kier alpha value is -1.73. The van der Waals surface area contributed by atoms with Crippen molar-refractivity contribution in [2.75, 3.05) is 12.3 Å². The molecule has 1 aromatic heterocycles. The molecular weight excluding hydrogens is 293 g/mol. The van der Waals surface area contributed by atoms with Crippen molar-refractivity contribution in [3.63, 3.8) is 0 Å². The van der Waals surface area contributed by atoms with Crippen molar-refractivity contribution in [3.05, 3.63) is 48.2 Å². The molecule has 3 nitrogen and oxygen atoms in total. The van der Waals surface area contributed by atoms with Gasteiger partial charge in [0.2, 0.25) is 0 Å². The van der Waals surface area contributed by atoms with Crippen molar-refractivity contribution in [1.29, 1.82) is 0 Å². The Bertz CT molecular complexity index is 589. The average molecular weight is 310 g/mol. The van der Waals surface area contributed by atoms with Crippen LogP contribution < -0.4 is 11.5 Å². The van der Waals surface area contributed by atoms with Gasteiger partial charge in [-0.2, -0.15) is 0 Å². The van der Waals surface area contributed by atoms with Gasteiger partial charge >= 0.3 is 0 Å². The molecule has 0 fully saturated rings. The van der Waals surface area contributed by atoms with Crippen molar-refractivity contribution in [2.45, 2.75) is 6.42 Å². The van der Waals surface area contributed by atoms with Gasteiger partial charge in [-0.1, -0.05) is 42.2 Å². The molecule has 4 N–H and O–H groups in total. The van der Waals surface area contributed by atoms with Crippen LogP contribution in [0.1, 0.15) is 12.0 Å². The highest BCUT2D eigenvalue weighted by molar-refractivity contribution is 5.85. The number of rotatable bonds is 2. The molecule has 0 bridgehead atoms. The Kier molecular flexibility index (Phi) is 8.42. The number of halogens is 2. The van der Waals surface area contributed by atoms with Crippen LogP contribution in [0, 0.1) is 11.8 Å². The minimum atomic E-state index is 0. The molecule has 0 saturated heterocycles. The number of nitrogens with zero attached hydrogens (tertiary/aromatic N) is 1. The maximum absolute atomic E-state index is 5.90. The molecule has 20 heavy (non-hydrogen) atoms. The van der Waals surface area contributed by atoms with Gasteiger partial charge in [-0.15, -0.1) is 24.8 Å². The molecule has 0 unspecified atom stereocenters. The van der Waals surface area contributed by atoms with Crippen molar-refractivity contribution in [1.82, 2.24) is 4.98 Å². The second kappa shape index (κ2) is 9.22. The second-order valence-electron chi connectivity index (χ2n) is 3.86. The molecule has 0 amide bonds. The van der Waals surface area contributed by atoms with E-state index in [0.717, 1.165) is 16.7 Å². The fourth-order valence-electron chi connectivity index (χ4n) is 1.63. The first kappa shape index (κ1) is 18.3. The smallest absolute Gasteiger partial charge is 0.131 e. The van der Waals surface area contributed by atoms with Crippen LogP contribution in [0.25, 0.3) is 11.1 Å². The van der Waals surface area contributed by atoms with Crippen molar-refractivity contribution < 1.29 is 0 Å². The Morgan fingerprint density at radius 2 is 1.80 bits per heavy atom. The number of nitrogen functional groups attached to an aromatic ring is 1. The lowest BCUT2D eigenvalue weighted by atomic mass is 10.1. The minimum Gasteiger partial charge on any atom is -0.383 e. The van der Waals surface area contributed by atoms with Crippen LogP contribution in [0.15, 0.2) is 42.6 Å². The van der Waals surface area contributed by atoms with E-state index in [-0.39, 0.29) is 24.8 Å². The first-order chi connectivity index (χ1) is 8.81. The number of nitrogens with two attached hydrogens (primary N) is 2. The van der Waals surface area contributed by atoms with E-state index >= 15 is 0 Å². The molecular formula is C15H17Cl2N3. The van der Waals surface area contributed by atoms with Crippen LogP contribution in [0.3, 0.4) is 0 Å². The van der Waals surface area contributed by atoms with E-state index in [0.29, 0.717) is 18.8 Å². The third-order valence-electron chi connectivity index (χ3n) is 2.51. The number of anilines is 1. The molecule has 106 valence electrons. The highest BCUT2D eigenvalue weighted by Crippen LogP contribution is 2.24. The van der Waals surface area contributed by atoms with Gasteiger partial charge in [-0.25, -0.2) is 4.98 Å². The van der Waals surface area contributed by atoms with Crippen LogP contribution >= 0.6 is 24.8 Å². The largest absolute Gasteiger partial charge is 0.383 e. The predicted molar refractivity (Wildman–Crippen MR) is 89.1 cm³/mol. The van der Waals surface area contributed by atoms with Crippen LogP contribution in [-0.2, 0) is 0 Å². The second-order valence-corrected chi connectivity index (χ2v) is 3.86. The third-order valence-corrected chi connectivity index (χ3v) is 2.51. The van der Waals surface area contributed by atoms with Gasteiger partial charge in [0, 0.05) is 30.3 Å². The SMILES string of the molecule is Cl.Cl.NCCC#Cc1cnc(N)c(-c2ccccc2)c1. The number of pyridine rings is 1.